The minimum Gasteiger partial charge on any atom is -0.325 e. The van der Waals surface area contributed by atoms with Crippen LogP contribution in [0.15, 0.2) is 18.2 Å². The fraction of sp³-hybridized carbons (Fsp3) is 0.417. The van der Waals surface area contributed by atoms with Gasteiger partial charge >= 0.3 is 6.18 Å². The number of amides is 1. The lowest BCUT2D eigenvalue weighted by Gasteiger charge is -2.18. The molecule has 0 aliphatic carbocycles. The highest BCUT2D eigenvalue weighted by Gasteiger charge is 2.31. The van der Waals surface area contributed by atoms with E-state index in [1.54, 1.807) is 20.8 Å². The zero-order valence-corrected chi connectivity index (χ0v) is 11.7. The van der Waals surface area contributed by atoms with Gasteiger partial charge in [0.25, 0.3) is 0 Å². The molecule has 0 fully saturated rings. The first-order chi connectivity index (χ1) is 8.01. The molecule has 0 unspecified atom stereocenters. The molecule has 0 saturated heterocycles. The highest BCUT2D eigenvalue weighted by Crippen LogP contribution is 2.32. The van der Waals surface area contributed by atoms with E-state index in [1.165, 1.54) is 6.07 Å². The van der Waals surface area contributed by atoms with Crippen molar-refractivity contribution in [2.45, 2.75) is 31.3 Å². The van der Waals surface area contributed by atoms with E-state index in [-0.39, 0.29) is 5.69 Å². The Kier molecular flexibility index (Phi) is 4.10. The number of rotatable bonds is 2. The number of hydrogen-bond donors (Lipinski definition) is 1. The molecule has 0 spiro atoms. The Morgan fingerprint density at radius 1 is 1.28 bits per heavy atom. The maximum Gasteiger partial charge on any atom is 0.416 e. The molecule has 0 heterocycles. The third-order valence-electron chi connectivity index (χ3n) is 2.35. The molecule has 0 atom stereocenters. The molecule has 0 bridgehead atoms. The molecule has 0 aromatic heterocycles. The van der Waals surface area contributed by atoms with E-state index in [9.17, 15) is 18.0 Å². The summed E-state index contributed by atoms with van der Waals surface area (Å²) in [4.78, 5) is 11.7. The van der Waals surface area contributed by atoms with Gasteiger partial charge in [-0.3, -0.25) is 4.79 Å². The number of carbonyl (C=O) groups excluding carboxylic acids is 1. The van der Waals surface area contributed by atoms with E-state index in [0.29, 0.717) is 5.56 Å². The van der Waals surface area contributed by atoms with Crippen molar-refractivity contribution >= 4 is 27.5 Å². The molecule has 0 saturated carbocycles. The van der Waals surface area contributed by atoms with Crippen LogP contribution in [0.2, 0.25) is 0 Å². The van der Waals surface area contributed by atoms with E-state index < -0.39 is 22.0 Å². The van der Waals surface area contributed by atoms with E-state index in [4.69, 9.17) is 0 Å². The second-order valence-corrected chi connectivity index (χ2v) is 6.44. The molecule has 6 heteroatoms. The standard InChI is InChI=1S/C12H13BrF3NO/c1-7-4-5-8(12(14,15)16)6-9(7)17-10(18)11(2,3)13/h4-6H,1-3H3,(H,17,18). The van der Waals surface area contributed by atoms with Gasteiger partial charge < -0.3 is 5.32 Å². The van der Waals surface area contributed by atoms with Crippen LogP contribution >= 0.6 is 15.9 Å². The van der Waals surface area contributed by atoms with Crippen molar-refractivity contribution in [1.29, 1.82) is 0 Å². The first kappa shape index (κ1) is 15.0. The fourth-order valence-corrected chi connectivity index (χ4v) is 1.30. The highest BCUT2D eigenvalue weighted by molar-refractivity contribution is 9.10. The zero-order valence-electron chi connectivity index (χ0n) is 10.2. The summed E-state index contributed by atoms with van der Waals surface area (Å²) in [6.07, 6.45) is -4.42. The van der Waals surface area contributed by atoms with E-state index in [0.717, 1.165) is 12.1 Å². The van der Waals surface area contributed by atoms with Crippen molar-refractivity contribution in [2.24, 2.45) is 0 Å². The molecule has 1 N–H and O–H groups in total. The molecule has 1 aromatic rings. The summed E-state index contributed by atoms with van der Waals surface area (Å²) in [7, 11) is 0. The van der Waals surface area contributed by atoms with Gasteiger partial charge in [-0.1, -0.05) is 22.0 Å². The normalized spacial score (nSPS) is 12.4. The van der Waals surface area contributed by atoms with Crippen molar-refractivity contribution in [2.75, 3.05) is 5.32 Å². The molecular formula is C12H13BrF3NO. The number of carbonyl (C=O) groups is 1. The van der Waals surface area contributed by atoms with Gasteiger partial charge in [-0.2, -0.15) is 13.2 Å². The van der Waals surface area contributed by atoms with Crippen LogP contribution in [0.4, 0.5) is 18.9 Å². The molecule has 0 aliphatic rings. The van der Waals surface area contributed by atoms with Crippen molar-refractivity contribution in [3.05, 3.63) is 29.3 Å². The predicted molar refractivity (Wildman–Crippen MR) is 67.8 cm³/mol. The number of nitrogens with one attached hydrogen (secondary N) is 1. The fourth-order valence-electron chi connectivity index (χ4n) is 1.20. The molecule has 1 amide bonds. The molecule has 1 rings (SSSR count). The Morgan fingerprint density at radius 3 is 2.28 bits per heavy atom. The third-order valence-corrected chi connectivity index (χ3v) is 2.71. The summed E-state index contributed by atoms with van der Waals surface area (Å²) in [5.41, 5.74) is -0.0359. The number of anilines is 1. The zero-order chi connectivity index (χ0) is 14.1. The maximum atomic E-state index is 12.5. The molecule has 0 radical (unpaired) electrons. The quantitative estimate of drug-likeness (QED) is 0.815. The van der Waals surface area contributed by atoms with E-state index >= 15 is 0 Å². The van der Waals surface area contributed by atoms with Crippen LogP contribution in [0.25, 0.3) is 0 Å². The summed E-state index contributed by atoms with van der Waals surface area (Å²) in [5.74, 6) is -0.398. The largest absolute Gasteiger partial charge is 0.416 e. The lowest BCUT2D eigenvalue weighted by atomic mass is 10.1. The van der Waals surface area contributed by atoms with Gasteiger partial charge in [0, 0.05) is 5.69 Å². The van der Waals surface area contributed by atoms with Crippen LogP contribution in [0, 0.1) is 6.92 Å². The van der Waals surface area contributed by atoms with Crippen LogP contribution in [0.3, 0.4) is 0 Å². The minimum atomic E-state index is -4.42. The first-order valence-corrected chi connectivity index (χ1v) is 5.99. The van der Waals surface area contributed by atoms with Gasteiger partial charge in [-0.25, -0.2) is 0 Å². The first-order valence-electron chi connectivity index (χ1n) is 5.20. The molecular weight excluding hydrogens is 311 g/mol. The predicted octanol–water partition coefficient (Wildman–Crippen LogP) is 4.13. The molecule has 0 aliphatic heterocycles. The van der Waals surface area contributed by atoms with Crippen LogP contribution in [-0.4, -0.2) is 10.2 Å². The number of hydrogen-bond acceptors (Lipinski definition) is 1. The monoisotopic (exact) mass is 323 g/mol. The Balaban J connectivity index is 3.06. The van der Waals surface area contributed by atoms with Crippen molar-refractivity contribution in [1.82, 2.24) is 0 Å². The van der Waals surface area contributed by atoms with Gasteiger partial charge in [0.15, 0.2) is 0 Å². The maximum absolute atomic E-state index is 12.5. The smallest absolute Gasteiger partial charge is 0.325 e. The van der Waals surface area contributed by atoms with Gasteiger partial charge in [-0.05, 0) is 38.5 Å². The van der Waals surface area contributed by atoms with Gasteiger partial charge in [0.05, 0.1) is 9.89 Å². The third kappa shape index (κ3) is 3.73. The summed E-state index contributed by atoms with van der Waals surface area (Å²) in [6, 6.07) is 3.26. The highest BCUT2D eigenvalue weighted by atomic mass is 79.9. The topological polar surface area (TPSA) is 29.1 Å². The van der Waals surface area contributed by atoms with Crippen LogP contribution in [0.5, 0.6) is 0 Å². The second-order valence-electron chi connectivity index (χ2n) is 4.45. The lowest BCUT2D eigenvalue weighted by Crippen LogP contribution is -2.31. The molecule has 2 nitrogen and oxygen atoms in total. The molecule has 100 valence electrons. The lowest BCUT2D eigenvalue weighted by molar-refractivity contribution is -0.137. The Bertz CT molecular complexity index is 463. The summed E-state index contributed by atoms with van der Waals surface area (Å²) >= 11 is 3.15. The van der Waals surface area contributed by atoms with E-state index in [1.807, 2.05) is 0 Å². The average Bonchev–Trinajstić information content (AvgIpc) is 2.18. The number of aryl methyl sites for hydroxylation is 1. The van der Waals surface area contributed by atoms with Gasteiger partial charge in [0.2, 0.25) is 5.91 Å². The SMILES string of the molecule is Cc1ccc(C(F)(F)F)cc1NC(=O)C(C)(C)Br. The molecule has 1 aromatic carbocycles. The number of alkyl halides is 4. The average molecular weight is 324 g/mol. The van der Waals surface area contributed by atoms with E-state index in [2.05, 4.69) is 21.2 Å². The summed E-state index contributed by atoms with van der Waals surface area (Å²) < 4.78 is 36.8. The Labute approximate surface area is 112 Å². The summed E-state index contributed by atoms with van der Waals surface area (Å²) in [5, 5.41) is 2.48. The van der Waals surface area contributed by atoms with Crippen molar-refractivity contribution in [3.63, 3.8) is 0 Å². The van der Waals surface area contributed by atoms with Crippen molar-refractivity contribution in [3.8, 4) is 0 Å². The van der Waals surface area contributed by atoms with Crippen LogP contribution < -0.4 is 5.32 Å². The number of halogens is 4. The van der Waals surface area contributed by atoms with Crippen molar-refractivity contribution < 1.29 is 18.0 Å². The molecule has 18 heavy (non-hydrogen) atoms. The Morgan fingerprint density at radius 2 is 1.83 bits per heavy atom. The van der Waals surface area contributed by atoms with Gasteiger partial charge in [0.1, 0.15) is 0 Å². The van der Waals surface area contributed by atoms with Crippen LogP contribution in [-0.2, 0) is 11.0 Å². The minimum absolute atomic E-state index is 0.169. The Hall–Kier alpha value is -1.04. The summed E-state index contributed by atoms with van der Waals surface area (Å²) in [6.45, 7) is 4.87. The number of benzene rings is 1. The van der Waals surface area contributed by atoms with Crippen LogP contribution in [0.1, 0.15) is 25.0 Å². The van der Waals surface area contributed by atoms with Gasteiger partial charge in [-0.15, -0.1) is 0 Å². The second kappa shape index (κ2) is 4.91.